The molecular formula is C14H15N3O2S. The fraction of sp³-hybridized carbons (Fsp3) is 0.286. The zero-order valence-electron chi connectivity index (χ0n) is 11.1. The molecule has 0 saturated carbocycles. The molecule has 0 spiro atoms. The van der Waals surface area contributed by atoms with Crippen molar-refractivity contribution in [2.45, 2.75) is 19.8 Å². The molecule has 1 saturated heterocycles. The van der Waals surface area contributed by atoms with Crippen LogP contribution in [0.25, 0.3) is 0 Å². The van der Waals surface area contributed by atoms with Crippen molar-refractivity contribution in [1.29, 1.82) is 0 Å². The predicted molar refractivity (Wildman–Crippen MR) is 78.8 cm³/mol. The molecule has 5 nitrogen and oxygen atoms in total. The minimum atomic E-state index is -0.420. The van der Waals surface area contributed by atoms with Gasteiger partial charge in [0.05, 0.1) is 0 Å². The zero-order valence-corrected chi connectivity index (χ0v) is 11.9. The van der Waals surface area contributed by atoms with Crippen LogP contribution in [0.4, 0.5) is 0 Å². The molecule has 2 amide bonds. The molecule has 0 aromatic carbocycles. The summed E-state index contributed by atoms with van der Waals surface area (Å²) in [4.78, 5) is 29.3. The van der Waals surface area contributed by atoms with Gasteiger partial charge in [-0.15, -0.1) is 0 Å². The summed E-state index contributed by atoms with van der Waals surface area (Å²) in [7, 11) is 0. The Morgan fingerprint density at radius 3 is 2.90 bits per heavy atom. The highest BCUT2D eigenvalue weighted by Crippen LogP contribution is 2.11. The second-order valence-corrected chi connectivity index (χ2v) is 4.71. The first-order valence-electron chi connectivity index (χ1n) is 6.39. The molecule has 1 aromatic rings. The number of allylic oxidation sites excluding steroid dienone is 1. The number of amides is 2. The average Bonchev–Trinajstić information content (AvgIpc) is 2.44. The summed E-state index contributed by atoms with van der Waals surface area (Å²) in [6.45, 7) is 2.26. The van der Waals surface area contributed by atoms with E-state index in [1.165, 1.54) is 4.90 Å². The van der Waals surface area contributed by atoms with E-state index in [1.54, 1.807) is 18.5 Å². The number of hydrogen-bond donors (Lipinski definition) is 1. The number of nitrogens with zero attached hydrogens (tertiary/aromatic N) is 2. The van der Waals surface area contributed by atoms with E-state index in [4.69, 9.17) is 12.2 Å². The first-order valence-corrected chi connectivity index (χ1v) is 6.80. The summed E-state index contributed by atoms with van der Waals surface area (Å²) < 4.78 is 0. The van der Waals surface area contributed by atoms with Crippen molar-refractivity contribution in [3.8, 4) is 0 Å². The number of thiocarbonyl (C=S) groups is 1. The van der Waals surface area contributed by atoms with Gasteiger partial charge in [0, 0.05) is 18.9 Å². The van der Waals surface area contributed by atoms with Crippen LogP contribution in [-0.2, 0) is 16.0 Å². The summed E-state index contributed by atoms with van der Waals surface area (Å²) in [6, 6.07) is 3.82. The molecule has 2 rings (SSSR count). The number of nitrogens with one attached hydrogen (secondary N) is 1. The number of carbonyl (C=O) groups is 2. The third-order valence-corrected chi connectivity index (χ3v) is 3.33. The van der Waals surface area contributed by atoms with Gasteiger partial charge in [-0.1, -0.05) is 12.1 Å². The third kappa shape index (κ3) is 3.08. The lowest BCUT2D eigenvalue weighted by molar-refractivity contribution is -0.128. The number of rotatable bonds is 4. The van der Waals surface area contributed by atoms with E-state index in [0.29, 0.717) is 13.0 Å². The molecule has 1 fully saturated rings. The van der Waals surface area contributed by atoms with Gasteiger partial charge in [-0.25, -0.2) is 0 Å². The molecule has 1 aliphatic rings. The topological polar surface area (TPSA) is 62.3 Å². The molecule has 20 heavy (non-hydrogen) atoms. The van der Waals surface area contributed by atoms with Crippen LogP contribution >= 0.6 is 12.2 Å². The van der Waals surface area contributed by atoms with Crippen LogP contribution in [0.2, 0.25) is 0 Å². The number of likely N-dealkylation sites (N-methyl/N-ethyl adjacent to an activating group) is 1. The van der Waals surface area contributed by atoms with E-state index in [9.17, 15) is 9.59 Å². The maximum Gasteiger partial charge on any atom is 0.265 e. The fourth-order valence-electron chi connectivity index (χ4n) is 1.96. The summed E-state index contributed by atoms with van der Waals surface area (Å²) in [6.07, 6.45) is 6.48. The van der Waals surface area contributed by atoms with Crippen LogP contribution in [0.5, 0.6) is 0 Å². The number of pyridine rings is 1. The third-order valence-electron chi connectivity index (χ3n) is 3.01. The minimum Gasteiger partial charge on any atom is -0.298 e. The SMILES string of the molecule is CCN1C(=O)/C(=C/CCc2cccnc2)C(=O)NC1=S. The zero-order chi connectivity index (χ0) is 14.5. The molecule has 6 heteroatoms. The largest absolute Gasteiger partial charge is 0.298 e. The van der Waals surface area contributed by atoms with E-state index >= 15 is 0 Å². The second kappa shape index (κ2) is 6.38. The standard InChI is InChI=1S/C14H15N3O2S/c1-2-17-13(19)11(12(18)16-14(17)20)7-3-5-10-6-4-8-15-9-10/h4,6-9H,2-3,5H2,1H3,(H,16,18,20)/b11-7+. The molecule has 0 radical (unpaired) electrons. The van der Waals surface area contributed by atoms with E-state index < -0.39 is 5.91 Å². The van der Waals surface area contributed by atoms with Crippen molar-refractivity contribution in [3.63, 3.8) is 0 Å². The number of hydrogen-bond acceptors (Lipinski definition) is 4. The van der Waals surface area contributed by atoms with Crippen molar-refractivity contribution in [3.05, 3.63) is 41.7 Å². The summed E-state index contributed by atoms with van der Waals surface area (Å²) >= 11 is 4.96. The fourth-order valence-corrected chi connectivity index (χ4v) is 2.27. The second-order valence-electron chi connectivity index (χ2n) is 4.33. The Hall–Kier alpha value is -2.08. The Balaban J connectivity index is 2.06. The Labute approximate surface area is 122 Å². The minimum absolute atomic E-state index is 0.157. The predicted octanol–water partition coefficient (Wildman–Crippen LogP) is 1.20. The van der Waals surface area contributed by atoms with Gasteiger partial charge in [-0.3, -0.25) is 24.8 Å². The smallest absolute Gasteiger partial charge is 0.265 e. The van der Waals surface area contributed by atoms with Gasteiger partial charge in [0.25, 0.3) is 11.8 Å². The van der Waals surface area contributed by atoms with Gasteiger partial charge in [-0.2, -0.15) is 0 Å². The Morgan fingerprint density at radius 2 is 2.25 bits per heavy atom. The van der Waals surface area contributed by atoms with E-state index in [2.05, 4.69) is 10.3 Å². The van der Waals surface area contributed by atoms with Crippen molar-refractivity contribution in [2.24, 2.45) is 0 Å². The molecule has 1 aromatic heterocycles. The van der Waals surface area contributed by atoms with Crippen molar-refractivity contribution >= 4 is 29.1 Å². The van der Waals surface area contributed by atoms with Gasteiger partial charge in [-0.05, 0) is 43.6 Å². The molecule has 1 N–H and O–H groups in total. The van der Waals surface area contributed by atoms with Gasteiger partial charge in [0.2, 0.25) is 0 Å². The van der Waals surface area contributed by atoms with Crippen LogP contribution in [-0.4, -0.2) is 33.4 Å². The first-order chi connectivity index (χ1) is 9.63. The number of carbonyl (C=O) groups excluding carboxylic acids is 2. The highest BCUT2D eigenvalue weighted by molar-refractivity contribution is 7.80. The maximum atomic E-state index is 12.1. The van der Waals surface area contributed by atoms with Gasteiger partial charge < -0.3 is 0 Å². The summed E-state index contributed by atoms with van der Waals surface area (Å²) in [5, 5.41) is 2.70. The van der Waals surface area contributed by atoms with Crippen molar-refractivity contribution in [1.82, 2.24) is 15.2 Å². The normalized spacial score (nSPS) is 17.6. The average molecular weight is 289 g/mol. The Kier molecular flexibility index (Phi) is 4.57. The molecule has 0 atom stereocenters. The van der Waals surface area contributed by atoms with Gasteiger partial charge >= 0.3 is 0 Å². The highest BCUT2D eigenvalue weighted by atomic mass is 32.1. The lowest BCUT2D eigenvalue weighted by atomic mass is 10.1. The van der Waals surface area contributed by atoms with Crippen molar-refractivity contribution < 1.29 is 9.59 Å². The monoisotopic (exact) mass is 289 g/mol. The van der Waals surface area contributed by atoms with Crippen LogP contribution in [0.3, 0.4) is 0 Å². The van der Waals surface area contributed by atoms with Crippen molar-refractivity contribution in [2.75, 3.05) is 6.54 Å². The molecule has 0 unspecified atom stereocenters. The van der Waals surface area contributed by atoms with Crippen LogP contribution in [0.1, 0.15) is 18.9 Å². The molecule has 2 heterocycles. The number of aromatic nitrogens is 1. The van der Waals surface area contributed by atoms with E-state index in [0.717, 1.165) is 12.0 Å². The highest BCUT2D eigenvalue weighted by Gasteiger charge is 2.31. The Morgan fingerprint density at radius 1 is 1.45 bits per heavy atom. The molecule has 104 valence electrons. The summed E-state index contributed by atoms with van der Waals surface area (Å²) in [5.41, 5.74) is 1.22. The van der Waals surface area contributed by atoms with Crippen LogP contribution in [0.15, 0.2) is 36.2 Å². The Bertz CT molecular complexity index is 569. The maximum absolute atomic E-state index is 12.1. The molecule has 0 bridgehead atoms. The lowest BCUT2D eigenvalue weighted by Crippen LogP contribution is -2.53. The molecule has 0 aliphatic carbocycles. The van der Waals surface area contributed by atoms with Crippen LogP contribution < -0.4 is 5.32 Å². The lowest BCUT2D eigenvalue weighted by Gasteiger charge is -2.27. The summed E-state index contributed by atoms with van der Waals surface area (Å²) in [5.74, 6) is -0.747. The quantitative estimate of drug-likeness (QED) is 0.514. The van der Waals surface area contributed by atoms with Gasteiger partial charge in [0.1, 0.15) is 5.57 Å². The molecular weight excluding hydrogens is 274 g/mol. The first kappa shape index (κ1) is 14.3. The van der Waals surface area contributed by atoms with Crippen LogP contribution in [0, 0.1) is 0 Å². The number of aryl methyl sites for hydroxylation is 1. The van der Waals surface area contributed by atoms with E-state index in [1.807, 2.05) is 19.1 Å². The van der Waals surface area contributed by atoms with E-state index in [-0.39, 0.29) is 16.6 Å². The molecule has 1 aliphatic heterocycles. The van der Waals surface area contributed by atoms with Gasteiger partial charge in [0.15, 0.2) is 5.11 Å².